The van der Waals surface area contributed by atoms with Gasteiger partial charge in [0.2, 0.25) is 0 Å². The first-order chi connectivity index (χ1) is 5.95. The van der Waals surface area contributed by atoms with Gasteiger partial charge in [0.25, 0.3) is 9.05 Å². The molecule has 0 spiro atoms. The van der Waals surface area contributed by atoms with Crippen LogP contribution in [0.3, 0.4) is 0 Å². The molecule has 0 atom stereocenters. The summed E-state index contributed by atoms with van der Waals surface area (Å²) >= 11 is 0. The van der Waals surface area contributed by atoms with E-state index in [1.807, 2.05) is 0 Å². The van der Waals surface area contributed by atoms with Crippen LogP contribution in [0.1, 0.15) is 12.5 Å². The molecule has 0 heterocycles. The van der Waals surface area contributed by atoms with E-state index in [9.17, 15) is 12.8 Å². The van der Waals surface area contributed by atoms with Crippen LogP contribution in [0.15, 0.2) is 23.1 Å². The smallest absolute Gasteiger partial charge is 0.207 e. The van der Waals surface area contributed by atoms with E-state index < -0.39 is 14.9 Å². The summed E-state index contributed by atoms with van der Waals surface area (Å²) in [5, 5.41) is 0. The molecular formula is C8H8ClFO2S. The second kappa shape index (κ2) is 3.64. The molecule has 13 heavy (non-hydrogen) atoms. The van der Waals surface area contributed by atoms with Gasteiger partial charge < -0.3 is 0 Å². The molecule has 0 unspecified atom stereocenters. The Hall–Kier alpha value is -0.610. The maximum Gasteiger partial charge on any atom is 0.261 e. The first-order valence-electron chi connectivity index (χ1n) is 3.68. The highest BCUT2D eigenvalue weighted by molar-refractivity contribution is 8.13. The Balaban J connectivity index is 3.30. The first-order valence-corrected chi connectivity index (χ1v) is 5.99. The lowest BCUT2D eigenvalue weighted by Gasteiger charge is -2.01. The highest BCUT2D eigenvalue weighted by atomic mass is 35.7. The van der Waals surface area contributed by atoms with Crippen LogP contribution in [0.5, 0.6) is 0 Å². The first kappa shape index (κ1) is 10.5. The summed E-state index contributed by atoms with van der Waals surface area (Å²) in [6.45, 7) is 1.74. The Kier molecular flexibility index (Phi) is 2.93. The Morgan fingerprint density at radius 2 is 2.08 bits per heavy atom. The minimum atomic E-state index is -3.75. The molecule has 0 aliphatic rings. The van der Waals surface area contributed by atoms with Crippen molar-refractivity contribution in [1.29, 1.82) is 0 Å². The van der Waals surface area contributed by atoms with Crippen LogP contribution in [0.25, 0.3) is 0 Å². The Morgan fingerprint density at radius 1 is 1.46 bits per heavy atom. The van der Waals surface area contributed by atoms with Crippen molar-refractivity contribution in [3.05, 3.63) is 29.6 Å². The third-order valence-corrected chi connectivity index (χ3v) is 3.03. The van der Waals surface area contributed by atoms with E-state index in [2.05, 4.69) is 0 Å². The van der Waals surface area contributed by atoms with Gasteiger partial charge in [0.15, 0.2) is 0 Å². The van der Waals surface area contributed by atoms with E-state index in [1.54, 1.807) is 6.92 Å². The van der Waals surface area contributed by atoms with E-state index in [0.717, 1.165) is 12.1 Å². The lowest BCUT2D eigenvalue weighted by atomic mass is 10.2. The maximum atomic E-state index is 12.9. The molecule has 0 fully saturated rings. The predicted octanol–water partition coefficient (Wildman–Crippen LogP) is 2.32. The SMILES string of the molecule is CCc1cc(S(=O)(=O)Cl)ccc1F. The van der Waals surface area contributed by atoms with Crippen LogP contribution in [0, 0.1) is 5.82 Å². The molecule has 72 valence electrons. The van der Waals surface area contributed by atoms with Crippen LogP contribution in [0.2, 0.25) is 0 Å². The molecule has 0 bridgehead atoms. The fraction of sp³-hybridized carbons (Fsp3) is 0.250. The summed E-state index contributed by atoms with van der Waals surface area (Å²) < 4.78 is 34.6. The van der Waals surface area contributed by atoms with Crippen LogP contribution in [0.4, 0.5) is 4.39 Å². The monoisotopic (exact) mass is 222 g/mol. The number of rotatable bonds is 2. The summed E-state index contributed by atoms with van der Waals surface area (Å²) in [4.78, 5) is -0.0626. The summed E-state index contributed by atoms with van der Waals surface area (Å²) in [6, 6.07) is 3.50. The standard InChI is InChI=1S/C8H8ClFO2S/c1-2-6-5-7(13(9,11)12)3-4-8(6)10/h3-5H,2H2,1H3. The summed E-state index contributed by atoms with van der Waals surface area (Å²) in [5.41, 5.74) is 0.349. The van der Waals surface area contributed by atoms with Crippen molar-refractivity contribution in [2.24, 2.45) is 0 Å². The zero-order valence-electron chi connectivity index (χ0n) is 6.92. The molecule has 0 saturated carbocycles. The summed E-state index contributed by atoms with van der Waals surface area (Å²) in [7, 11) is 1.34. The molecule has 1 aromatic carbocycles. The minimum absolute atomic E-state index is 0.0626. The van der Waals surface area contributed by atoms with Crippen LogP contribution in [-0.2, 0) is 15.5 Å². The summed E-state index contributed by atoms with van der Waals surface area (Å²) in [5.74, 6) is -0.411. The van der Waals surface area contributed by atoms with Gasteiger partial charge in [0.1, 0.15) is 5.82 Å². The summed E-state index contributed by atoms with van der Waals surface area (Å²) in [6.07, 6.45) is 0.437. The number of aryl methyl sites for hydroxylation is 1. The molecule has 0 aromatic heterocycles. The molecule has 0 saturated heterocycles. The van der Waals surface area contributed by atoms with Crippen molar-refractivity contribution in [3.8, 4) is 0 Å². The molecular weight excluding hydrogens is 215 g/mol. The Labute approximate surface area is 80.8 Å². The molecule has 0 N–H and O–H groups in total. The Bertz CT molecular complexity index is 414. The van der Waals surface area contributed by atoms with Crippen LogP contribution >= 0.6 is 10.7 Å². The number of hydrogen-bond donors (Lipinski definition) is 0. The van der Waals surface area contributed by atoms with Gasteiger partial charge in [-0.3, -0.25) is 0 Å². The third-order valence-electron chi connectivity index (χ3n) is 1.68. The molecule has 5 heteroatoms. The normalized spacial score (nSPS) is 11.6. The topological polar surface area (TPSA) is 34.1 Å². The van der Waals surface area contributed by atoms with Gasteiger partial charge in [0.05, 0.1) is 4.90 Å². The molecule has 2 nitrogen and oxygen atoms in total. The van der Waals surface area contributed by atoms with Crippen molar-refractivity contribution in [2.45, 2.75) is 18.2 Å². The van der Waals surface area contributed by atoms with Crippen molar-refractivity contribution >= 4 is 19.7 Å². The van der Waals surface area contributed by atoms with Crippen molar-refractivity contribution in [3.63, 3.8) is 0 Å². The molecule has 0 aliphatic carbocycles. The lowest BCUT2D eigenvalue weighted by Crippen LogP contribution is -1.94. The van der Waals surface area contributed by atoms with Gasteiger partial charge in [-0.25, -0.2) is 12.8 Å². The second-order valence-corrected chi connectivity index (χ2v) is 5.11. The van der Waals surface area contributed by atoms with E-state index >= 15 is 0 Å². The zero-order valence-corrected chi connectivity index (χ0v) is 8.49. The molecule has 0 amide bonds. The van der Waals surface area contributed by atoms with E-state index in [4.69, 9.17) is 10.7 Å². The largest absolute Gasteiger partial charge is 0.261 e. The average molecular weight is 223 g/mol. The Morgan fingerprint density at radius 3 is 2.54 bits per heavy atom. The minimum Gasteiger partial charge on any atom is -0.207 e. The number of benzene rings is 1. The molecule has 0 radical (unpaired) electrons. The van der Waals surface area contributed by atoms with Gasteiger partial charge in [-0.1, -0.05) is 6.92 Å². The van der Waals surface area contributed by atoms with Gasteiger partial charge in [-0.2, -0.15) is 0 Å². The van der Waals surface area contributed by atoms with Crippen molar-refractivity contribution < 1.29 is 12.8 Å². The molecule has 1 rings (SSSR count). The van der Waals surface area contributed by atoms with Crippen LogP contribution in [-0.4, -0.2) is 8.42 Å². The van der Waals surface area contributed by atoms with Crippen molar-refractivity contribution in [2.75, 3.05) is 0 Å². The fourth-order valence-corrected chi connectivity index (χ4v) is 1.78. The number of halogens is 2. The van der Waals surface area contributed by atoms with Crippen LogP contribution < -0.4 is 0 Å². The quantitative estimate of drug-likeness (QED) is 0.720. The van der Waals surface area contributed by atoms with Crippen molar-refractivity contribution in [1.82, 2.24) is 0 Å². The average Bonchev–Trinajstić information content (AvgIpc) is 2.03. The second-order valence-electron chi connectivity index (χ2n) is 2.54. The van der Waals surface area contributed by atoms with E-state index in [0.29, 0.717) is 12.0 Å². The highest BCUT2D eigenvalue weighted by Crippen LogP contribution is 2.18. The van der Waals surface area contributed by atoms with Gasteiger partial charge in [-0.05, 0) is 30.2 Å². The molecule has 1 aromatic rings. The molecule has 0 aliphatic heterocycles. The van der Waals surface area contributed by atoms with E-state index in [-0.39, 0.29) is 4.90 Å². The third kappa shape index (κ3) is 2.42. The fourth-order valence-electron chi connectivity index (χ4n) is 0.974. The maximum absolute atomic E-state index is 12.9. The lowest BCUT2D eigenvalue weighted by molar-refractivity contribution is 0.602. The zero-order chi connectivity index (χ0) is 10.1. The van der Waals surface area contributed by atoms with Gasteiger partial charge in [-0.15, -0.1) is 0 Å². The highest BCUT2D eigenvalue weighted by Gasteiger charge is 2.11. The number of hydrogen-bond acceptors (Lipinski definition) is 2. The van der Waals surface area contributed by atoms with Gasteiger partial charge in [0, 0.05) is 10.7 Å². The van der Waals surface area contributed by atoms with Gasteiger partial charge >= 0.3 is 0 Å². The van der Waals surface area contributed by atoms with E-state index in [1.165, 1.54) is 6.07 Å². The predicted molar refractivity (Wildman–Crippen MR) is 48.8 cm³/mol.